The molecule has 2 aromatic rings. The maximum absolute atomic E-state index is 13.8. The smallest absolute Gasteiger partial charge is 0.379 e. The number of nitrogens with one attached hydrogen (secondary N) is 2. The van der Waals surface area contributed by atoms with E-state index in [-0.39, 0.29) is 24.7 Å². The minimum absolute atomic E-state index is 0.00965. The summed E-state index contributed by atoms with van der Waals surface area (Å²) in [7, 11) is 2.03. The Bertz CT molecular complexity index is 1290. The van der Waals surface area contributed by atoms with Crippen molar-refractivity contribution >= 4 is 41.1 Å². The summed E-state index contributed by atoms with van der Waals surface area (Å²) >= 11 is 1.72. The Balaban J connectivity index is 1.42. The zero-order chi connectivity index (χ0) is 28.3. The molecule has 0 radical (unpaired) electrons. The molecule has 3 aliphatic rings. The fourth-order valence-electron chi connectivity index (χ4n) is 4.73. The fourth-order valence-corrected chi connectivity index (χ4v) is 5.62. The molecule has 0 bridgehead atoms. The zero-order valence-corrected chi connectivity index (χ0v) is 23.8. The third-order valence-corrected chi connectivity index (χ3v) is 8.30. The van der Waals surface area contributed by atoms with Crippen molar-refractivity contribution in [3.63, 3.8) is 0 Å². The summed E-state index contributed by atoms with van der Waals surface area (Å²) < 4.78 is 49.0. The van der Waals surface area contributed by atoms with Crippen LogP contribution in [0, 0.1) is 0 Å². The van der Waals surface area contributed by atoms with Crippen molar-refractivity contribution in [3.05, 3.63) is 59.2 Å². The number of fused-ring (bicyclic) bond motifs is 1. The minimum Gasteiger partial charge on any atom is -0.379 e. The van der Waals surface area contributed by atoms with Gasteiger partial charge in [-0.3, -0.25) is 9.89 Å². The fraction of sp³-hybridized carbons (Fsp3) is 0.448. The Kier molecular flexibility index (Phi) is 8.84. The third-order valence-electron chi connectivity index (χ3n) is 7.19. The van der Waals surface area contributed by atoms with Gasteiger partial charge in [-0.25, -0.2) is 9.30 Å². The first kappa shape index (κ1) is 28.7. The number of ether oxygens (including phenoxy) is 1. The Labute approximate surface area is 237 Å². The number of alkyl halides is 3. The average molecular weight is 573 g/mol. The van der Waals surface area contributed by atoms with E-state index in [2.05, 4.69) is 50.8 Å². The molecule has 5 rings (SSSR count). The Hall–Kier alpha value is -2.86. The lowest BCUT2D eigenvalue weighted by atomic mass is 9.97. The highest BCUT2D eigenvalue weighted by atomic mass is 32.2. The SMILES string of the molecule is CC(C)N(C)CC1N=C(Nc2ccc(SN3CCOCC3)cc2)c2ccc(C3=C(C(F)(F)F)CCC=N3)cc2N1. The van der Waals surface area contributed by atoms with Gasteiger partial charge in [0.25, 0.3) is 0 Å². The van der Waals surface area contributed by atoms with E-state index in [4.69, 9.17) is 9.73 Å². The van der Waals surface area contributed by atoms with E-state index >= 15 is 0 Å². The van der Waals surface area contributed by atoms with Gasteiger partial charge in [0, 0.05) is 59.3 Å². The van der Waals surface area contributed by atoms with Crippen molar-refractivity contribution in [3.8, 4) is 0 Å². The van der Waals surface area contributed by atoms with E-state index in [9.17, 15) is 13.2 Å². The topological polar surface area (TPSA) is 64.5 Å². The van der Waals surface area contributed by atoms with Gasteiger partial charge in [0.05, 0.1) is 24.5 Å². The van der Waals surface area contributed by atoms with Crippen molar-refractivity contribution < 1.29 is 17.9 Å². The molecule has 2 aromatic carbocycles. The molecule has 214 valence electrons. The van der Waals surface area contributed by atoms with Gasteiger partial charge in [0.2, 0.25) is 0 Å². The highest BCUT2D eigenvalue weighted by Crippen LogP contribution is 2.39. The van der Waals surface area contributed by atoms with Gasteiger partial charge >= 0.3 is 6.18 Å². The standard InChI is InChI=1S/C29H35F3N6OS/c1-19(2)37(3)18-26-35-25-17-20(27-24(29(30,31)32)5-4-12-33-27)6-11-23(25)28(36-26)34-21-7-9-22(10-8-21)40-38-13-15-39-16-14-38/h6-12,17,19,26,35H,4-5,13-16,18H2,1-3H3,(H,34,36). The normalized spacial score (nSPS) is 20.0. The summed E-state index contributed by atoms with van der Waals surface area (Å²) in [5.41, 5.74) is 2.26. The van der Waals surface area contributed by atoms with Crippen LogP contribution in [0.2, 0.25) is 0 Å². The van der Waals surface area contributed by atoms with E-state index in [1.807, 2.05) is 25.2 Å². The quantitative estimate of drug-likeness (QED) is 0.390. The zero-order valence-electron chi connectivity index (χ0n) is 23.0. The Morgan fingerprint density at radius 2 is 1.90 bits per heavy atom. The van der Waals surface area contributed by atoms with Crippen LogP contribution in [0.1, 0.15) is 37.8 Å². The summed E-state index contributed by atoms with van der Waals surface area (Å²) in [5.74, 6) is 0.674. The minimum atomic E-state index is -4.42. The highest BCUT2D eigenvalue weighted by Gasteiger charge is 2.37. The van der Waals surface area contributed by atoms with Gasteiger partial charge in [-0.15, -0.1) is 0 Å². The largest absolute Gasteiger partial charge is 0.414 e. The monoisotopic (exact) mass is 572 g/mol. The number of likely N-dealkylation sites (N-methyl/N-ethyl adjacent to an activating group) is 1. The van der Waals surface area contributed by atoms with Gasteiger partial charge in [-0.05, 0) is 82.1 Å². The van der Waals surface area contributed by atoms with Crippen molar-refractivity contribution in [2.45, 2.75) is 50.0 Å². The van der Waals surface area contributed by atoms with Crippen LogP contribution in [0.5, 0.6) is 0 Å². The van der Waals surface area contributed by atoms with E-state index in [1.54, 1.807) is 30.3 Å². The van der Waals surface area contributed by atoms with Crippen LogP contribution in [0.3, 0.4) is 0 Å². The van der Waals surface area contributed by atoms with Crippen molar-refractivity contribution in [2.75, 3.05) is 50.5 Å². The van der Waals surface area contributed by atoms with Crippen LogP contribution >= 0.6 is 11.9 Å². The van der Waals surface area contributed by atoms with E-state index in [0.29, 0.717) is 24.0 Å². The second kappa shape index (κ2) is 12.3. The van der Waals surface area contributed by atoms with E-state index < -0.39 is 11.7 Å². The highest BCUT2D eigenvalue weighted by molar-refractivity contribution is 7.97. The molecule has 1 saturated heterocycles. The number of anilines is 2. The number of morpholine rings is 1. The summed E-state index contributed by atoms with van der Waals surface area (Å²) in [6.45, 7) is 8.14. The second-order valence-electron chi connectivity index (χ2n) is 10.4. The number of aliphatic imine (C=N–C) groups is 2. The molecule has 7 nitrogen and oxygen atoms in total. The lowest BCUT2D eigenvalue weighted by Gasteiger charge is -2.31. The number of allylic oxidation sites excluding steroid dienone is 1. The van der Waals surface area contributed by atoms with E-state index in [0.717, 1.165) is 48.1 Å². The first-order chi connectivity index (χ1) is 19.2. The molecule has 0 saturated carbocycles. The molecule has 1 fully saturated rings. The van der Waals surface area contributed by atoms with Crippen LogP contribution in [0.15, 0.2) is 62.9 Å². The van der Waals surface area contributed by atoms with Gasteiger partial charge < -0.3 is 15.4 Å². The molecule has 0 aliphatic carbocycles. The predicted octanol–water partition coefficient (Wildman–Crippen LogP) is 6.11. The average Bonchev–Trinajstić information content (AvgIpc) is 2.94. The summed E-state index contributed by atoms with van der Waals surface area (Å²) in [5, 5.41) is 6.90. The lowest BCUT2D eigenvalue weighted by molar-refractivity contribution is -0.0933. The number of rotatable bonds is 7. The maximum atomic E-state index is 13.8. The molecular weight excluding hydrogens is 537 g/mol. The van der Waals surface area contributed by atoms with Crippen LogP contribution < -0.4 is 10.6 Å². The molecule has 0 amide bonds. The maximum Gasteiger partial charge on any atom is 0.414 e. The van der Waals surface area contributed by atoms with Gasteiger partial charge in [-0.1, -0.05) is 6.07 Å². The lowest BCUT2D eigenvalue weighted by Crippen LogP contribution is -2.40. The molecule has 3 aliphatic heterocycles. The molecular formula is C29H35F3N6OS. The van der Waals surface area contributed by atoms with Crippen LogP contribution in [-0.2, 0) is 4.74 Å². The molecule has 1 atom stereocenters. The summed E-state index contributed by atoms with van der Waals surface area (Å²) in [6.07, 6.45) is -2.91. The number of nitrogens with zero attached hydrogens (tertiary/aromatic N) is 4. The van der Waals surface area contributed by atoms with Crippen molar-refractivity contribution in [1.82, 2.24) is 9.21 Å². The Morgan fingerprint density at radius 3 is 2.60 bits per heavy atom. The predicted molar refractivity (Wildman–Crippen MR) is 157 cm³/mol. The number of amidine groups is 1. The van der Waals surface area contributed by atoms with Crippen molar-refractivity contribution in [1.29, 1.82) is 0 Å². The van der Waals surface area contributed by atoms with Crippen molar-refractivity contribution in [2.24, 2.45) is 9.98 Å². The number of hydrogen-bond acceptors (Lipinski definition) is 8. The molecule has 0 spiro atoms. The van der Waals surface area contributed by atoms with E-state index in [1.165, 1.54) is 0 Å². The first-order valence-corrected chi connectivity index (χ1v) is 14.3. The Morgan fingerprint density at radius 1 is 1.15 bits per heavy atom. The molecule has 2 N–H and O–H groups in total. The molecule has 40 heavy (non-hydrogen) atoms. The summed E-state index contributed by atoms with van der Waals surface area (Å²) in [6, 6.07) is 13.8. The molecule has 11 heteroatoms. The van der Waals surface area contributed by atoms with Gasteiger partial charge in [0.1, 0.15) is 12.0 Å². The molecule has 0 aromatic heterocycles. The number of hydrogen-bond donors (Lipinski definition) is 2. The summed E-state index contributed by atoms with van der Waals surface area (Å²) in [4.78, 5) is 12.4. The van der Waals surface area contributed by atoms with Crippen LogP contribution in [0.25, 0.3) is 5.70 Å². The molecule has 1 unspecified atom stereocenters. The van der Waals surface area contributed by atoms with Gasteiger partial charge in [-0.2, -0.15) is 13.2 Å². The van der Waals surface area contributed by atoms with Crippen LogP contribution in [0.4, 0.5) is 24.5 Å². The number of benzene rings is 2. The second-order valence-corrected chi connectivity index (χ2v) is 11.6. The number of halogens is 3. The molecule has 3 heterocycles. The van der Waals surface area contributed by atoms with Gasteiger partial charge in [0.15, 0.2) is 0 Å². The third kappa shape index (κ3) is 6.88. The van der Waals surface area contributed by atoms with Crippen LogP contribution in [-0.4, -0.2) is 79.5 Å². The first-order valence-electron chi connectivity index (χ1n) is 13.6.